The van der Waals surface area contributed by atoms with E-state index in [0.717, 1.165) is 12.1 Å². The minimum absolute atomic E-state index is 0.0754. The maximum atomic E-state index is 13.8. The molecule has 0 fully saturated rings. The molecule has 3 aromatic rings. The number of hydrogen-bond donors (Lipinski definition) is 1. The lowest BCUT2D eigenvalue weighted by atomic mass is 10.1. The lowest BCUT2D eigenvalue weighted by molar-refractivity contribution is -0.385. The Morgan fingerprint density at radius 3 is 2.52 bits per heavy atom. The standard InChI is InChI=1S/C20H15F2N3O4/c1-12-17(22)8-14(9-18(12)25(27)28)20(26)24-11-13-2-7-19(23-10-13)29-16-5-3-15(21)4-6-16/h2-10H,11H2,1H3,(H,24,26). The fraction of sp³-hybridized carbons (Fsp3) is 0.100. The third-order valence-corrected chi connectivity index (χ3v) is 4.06. The number of benzene rings is 2. The summed E-state index contributed by atoms with van der Waals surface area (Å²) >= 11 is 0. The molecular weight excluding hydrogens is 384 g/mol. The van der Waals surface area contributed by atoms with Crippen molar-refractivity contribution in [1.29, 1.82) is 0 Å². The SMILES string of the molecule is Cc1c(F)cc(C(=O)NCc2ccc(Oc3ccc(F)cc3)nc2)cc1[N+](=O)[O-]. The summed E-state index contributed by atoms with van der Waals surface area (Å²) in [6, 6.07) is 10.7. The zero-order chi connectivity index (χ0) is 21.0. The topological polar surface area (TPSA) is 94.4 Å². The number of hydrogen-bond acceptors (Lipinski definition) is 5. The molecule has 9 heteroatoms. The first-order valence-corrected chi connectivity index (χ1v) is 8.44. The minimum Gasteiger partial charge on any atom is -0.439 e. The van der Waals surface area contributed by atoms with Gasteiger partial charge in [-0.1, -0.05) is 6.07 Å². The molecule has 0 saturated carbocycles. The number of nitrogens with zero attached hydrogens (tertiary/aromatic N) is 2. The Balaban J connectivity index is 1.63. The number of amides is 1. The zero-order valence-electron chi connectivity index (χ0n) is 15.2. The molecule has 1 heterocycles. The molecule has 0 saturated heterocycles. The second kappa shape index (κ2) is 8.42. The largest absolute Gasteiger partial charge is 0.439 e. The number of ether oxygens (including phenoxy) is 1. The van der Waals surface area contributed by atoms with E-state index in [2.05, 4.69) is 10.3 Å². The van der Waals surface area contributed by atoms with E-state index in [0.29, 0.717) is 11.3 Å². The third-order valence-electron chi connectivity index (χ3n) is 4.06. The predicted octanol–water partition coefficient (Wildman–Crippen LogP) is 4.30. The first-order valence-electron chi connectivity index (χ1n) is 8.44. The Hall–Kier alpha value is -3.88. The highest BCUT2D eigenvalue weighted by molar-refractivity contribution is 5.95. The van der Waals surface area contributed by atoms with Crippen LogP contribution in [0.4, 0.5) is 14.5 Å². The number of aromatic nitrogens is 1. The number of halogens is 2. The maximum Gasteiger partial charge on any atom is 0.276 e. The fourth-order valence-corrected chi connectivity index (χ4v) is 2.47. The van der Waals surface area contributed by atoms with Gasteiger partial charge in [-0.3, -0.25) is 14.9 Å². The Morgan fingerprint density at radius 2 is 1.90 bits per heavy atom. The molecule has 1 N–H and O–H groups in total. The Kier molecular flexibility index (Phi) is 5.77. The predicted molar refractivity (Wildman–Crippen MR) is 99.7 cm³/mol. The van der Waals surface area contributed by atoms with Crippen LogP contribution < -0.4 is 10.1 Å². The molecule has 0 spiro atoms. The van der Waals surface area contributed by atoms with E-state index in [9.17, 15) is 23.7 Å². The van der Waals surface area contributed by atoms with Crippen LogP contribution in [0.25, 0.3) is 0 Å². The summed E-state index contributed by atoms with van der Waals surface area (Å²) < 4.78 is 32.2. The average molecular weight is 399 g/mol. The summed E-state index contributed by atoms with van der Waals surface area (Å²) in [5, 5.41) is 13.5. The van der Waals surface area contributed by atoms with Crippen molar-refractivity contribution >= 4 is 11.6 Å². The van der Waals surface area contributed by atoms with Gasteiger partial charge >= 0.3 is 0 Å². The van der Waals surface area contributed by atoms with Crippen molar-refractivity contribution in [2.75, 3.05) is 0 Å². The highest BCUT2D eigenvalue weighted by Gasteiger charge is 2.19. The van der Waals surface area contributed by atoms with Crippen LogP contribution in [0.2, 0.25) is 0 Å². The van der Waals surface area contributed by atoms with E-state index in [1.807, 2.05) is 0 Å². The average Bonchev–Trinajstić information content (AvgIpc) is 2.70. The van der Waals surface area contributed by atoms with Crippen LogP contribution in [0, 0.1) is 28.7 Å². The molecular formula is C20H15F2N3O4. The van der Waals surface area contributed by atoms with Crippen LogP contribution in [-0.4, -0.2) is 15.8 Å². The van der Waals surface area contributed by atoms with E-state index in [-0.39, 0.29) is 29.4 Å². The van der Waals surface area contributed by atoms with Gasteiger partial charge in [-0.25, -0.2) is 13.8 Å². The van der Waals surface area contributed by atoms with E-state index >= 15 is 0 Å². The Morgan fingerprint density at radius 1 is 1.17 bits per heavy atom. The molecule has 1 amide bonds. The number of nitro benzene ring substituents is 1. The van der Waals surface area contributed by atoms with Crippen molar-refractivity contribution in [3.8, 4) is 11.6 Å². The van der Waals surface area contributed by atoms with Crippen molar-refractivity contribution in [2.45, 2.75) is 13.5 Å². The first-order chi connectivity index (χ1) is 13.8. The third kappa shape index (κ3) is 4.89. The fourth-order valence-electron chi connectivity index (χ4n) is 2.47. The summed E-state index contributed by atoms with van der Waals surface area (Å²) in [6.45, 7) is 1.35. The number of rotatable bonds is 6. The van der Waals surface area contributed by atoms with Crippen LogP contribution in [0.15, 0.2) is 54.7 Å². The van der Waals surface area contributed by atoms with Crippen molar-refractivity contribution in [3.05, 3.63) is 93.2 Å². The van der Waals surface area contributed by atoms with Gasteiger partial charge in [-0.2, -0.15) is 0 Å². The van der Waals surface area contributed by atoms with Gasteiger partial charge in [-0.05, 0) is 42.8 Å². The van der Waals surface area contributed by atoms with Gasteiger partial charge in [0.25, 0.3) is 11.6 Å². The molecule has 7 nitrogen and oxygen atoms in total. The summed E-state index contributed by atoms with van der Waals surface area (Å²) in [4.78, 5) is 26.5. The van der Waals surface area contributed by atoms with Crippen molar-refractivity contribution < 1.29 is 23.2 Å². The minimum atomic E-state index is -0.826. The number of carbonyl (C=O) groups excluding carboxylic acids is 1. The molecule has 0 aliphatic heterocycles. The van der Waals surface area contributed by atoms with E-state index in [1.54, 1.807) is 12.1 Å². The summed E-state index contributed by atoms with van der Waals surface area (Å²) in [7, 11) is 0. The van der Waals surface area contributed by atoms with Crippen molar-refractivity contribution in [3.63, 3.8) is 0 Å². The highest BCUT2D eigenvalue weighted by atomic mass is 19.1. The van der Waals surface area contributed by atoms with Crippen LogP contribution >= 0.6 is 0 Å². The summed E-state index contributed by atoms with van der Waals surface area (Å²) in [6.07, 6.45) is 1.47. The molecule has 0 radical (unpaired) electrons. The molecule has 0 bridgehead atoms. The van der Waals surface area contributed by atoms with Crippen LogP contribution in [0.5, 0.6) is 11.6 Å². The summed E-state index contributed by atoms with van der Waals surface area (Å²) in [5.74, 6) is -1.16. The van der Waals surface area contributed by atoms with Gasteiger partial charge in [0.05, 0.1) is 10.5 Å². The molecule has 2 aromatic carbocycles. The lowest BCUT2D eigenvalue weighted by Gasteiger charge is -2.08. The lowest BCUT2D eigenvalue weighted by Crippen LogP contribution is -2.23. The second-order valence-corrected chi connectivity index (χ2v) is 6.10. The molecule has 29 heavy (non-hydrogen) atoms. The van der Waals surface area contributed by atoms with Gasteiger partial charge in [0.2, 0.25) is 5.88 Å². The van der Waals surface area contributed by atoms with E-state index in [1.165, 1.54) is 37.4 Å². The molecule has 0 atom stereocenters. The van der Waals surface area contributed by atoms with Gasteiger partial charge in [-0.15, -0.1) is 0 Å². The number of nitrogens with one attached hydrogen (secondary N) is 1. The zero-order valence-corrected chi connectivity index (χ0v) is 15.2. The molecule has 0 unspecified atom stereocenters. The molecule has 0 aliphatic carbocycles. The van der Waals surface area contributed by atoms with Crippen LogP contribution in [0.1, 0.15) is 21.5 Å². The normalized spacial score (nSPS) is 10.4. The Labute approximate surface area is 164 Å². The summed E-state index contributed by atoms with van der Waals surface area (Å²) in [5.41, 5.74) is -0.109. The Bertz CT molecular complexity index is 1050. The highest BCUT2D eigenvalue weighted by Crippen LogP contribution is 2.23. The van der Waals surface area contributed by atoms with Crippen LogP contribution in [0.3, 0.4) is 0 Å². The van der Waals surface area contributed by atoms with Gasteiger partial charge < -0.3 is 10.1 Å². The molecule has 148 valence electrons. The van der Waals surface area contributed by atoms with E-state index in [4.69, 9.17) is 4.74 Å². The number of carbonyl (C=O) groups is 1. The second-order valence-electron chi connectivity index (χ2n) is 6.10. The number of pyridine rings is 1. The van der Waals surface area contributed by atoms with E-state index < -0.39 is 22.3 Å². The van der Waals surface area contributed by atoms with Crippen molar-refractivity contribution in [1.82, 2.24) is 10.3 Å². The molecule has 0 aliphatic rings. The van der Waals surface area contributed by atoms with Crippen LogP contribution in [-0.2, 0) is 6.54 Å². The monoisotopic (exact) mass is 399 g/mol. The number of nitro groups is 1. The molecule has 1 aromatic heterocycles. The van der Waals surface area contributed by atoms with Gasteiger partial charge in [0.1, 0.15) is 17.4 Å². The van der Waals surface area contributed by atoms with Gasteiger partial charge in [0.15, 0.2) is 0 Å². The smallest absolute Gasteiger partial charge is 0.276 e. The first kappa shape index (κ1) is 19.9. The maximum absolute atomic E-state index is 13.8. The van der Waals surface area contributed by atoms with Gasteiger partial charge in [0, 0.05) is 30.4 Å². The molecule has 3 rings (SSSR count). The van der Waals surface area contributed by atoms with Crippen molar-refractivity contribution in [2.24, 2.45) is 0 Å². The quantitative estimate of drug-likeness (QED) is 0.493.